The first-order chi connectivity index (χ1) is 7.54. The SMILES string of the molecule is CCc1cc2cc(F)c(F)c(F)c2nc1Cl. The van der Waals surface area contributed by atoms with Crippen LogP contribution in [0.2, 0.25) is 5.15 Å². The van der Waals surface area contributed by atoms with Gasteiger partial charge in [0.1, 0.15) is 10.7 Å². The van der Waals surface area contributed by atoms with Crippen molar-refractivity contribution in [1.82, 2.24) is 4.98 Å². The molecule has 0 fully saturated rings. The van der Waals surface area contributed by atoms with Crippen molar-refractivity contribution in [3.05, 3.63) is 40.3 Å². The van der Waals surface area contributed by atoms with E-state index in [1.165, 1.54) is 6.07 Å². The zero-order valence-electron chi connectivity index (χ0n) is 8.32. The number of nitrogens with zero attached hydrogens (tertiary/aromatic N) is 1. The Morgan fingerprint density at radius 3 is 2.50 bits per heavy atom. The highest BCUT2D eigenvalue weighted by molar-refractivity contribution is 6.30. The van der Waals surface area contributed by atoms with Crippen molar-refractivity contribution in [3.63, 3.8) is 0 Å². The second-order valence-electron chi connectivity index (χ2n) is 3.35. The van der Waals surface area contributed by atoms with Crippen LogP contribution in [0.15, 0.2) is 12.1 Å². The average Bonchev–Trinajstić information content (AvgIpc) is 2.27. The molecule has 5 heteroatoms. The third-order valence-electron chi connectivity index (χ3n) is 2.35. The van der Waals surface area contributed by atoms with Crippen LogP contribution in [0.5, 0.6) is 0 Å². The number of benzene rings is 1. The maximum atomic E-state index is 13.3. The Balaban J connectivity index is 2.86. The smallest absolute Gasteiger partial charge is 0.196 e. The Hall–Kier alpha value is -1.29. The van der Waals surface area contributed by atoms with Gasteiger partial charge in [0.15, 0.2) is 17.5 Å². The van der Waals surface area contributed by atoms with E-state index in [1.54, 1.807) is 0 Å². The molecule has 0 radical (unpaired) electrons. The van der Waals surface area contributed by atoms with E-state index in [2.05, 4.69) is 4.98 Å². The third kappa shape index (κ3) is 1.63. The molecule has 0 aliphatic heterocycles. The van der Waals surface area contributed by atoms with Gasteiger partial charge in [0, 0.05) is 5.39 Å². The van der Waals surface area contributed by atoms with E-state index < -0.39 is 17.5 Å². The van der Waals surface area contributed by atoms with Gasteiger partial charge in [0.25, 0.3) is 0 Å². The van der Waals surface area contributed by atoms with Crippen LogP contribution < -0.4 is 0 Å². The minimum absolute atomic E-state index is 0.111. The molecule has 0 saturated heterocycles. The topological polar surface area (TPSA) is 12.9 Å². The Morgan fingerprint density at radius 1 is 1.19 bits per heavy atom. The van der Waals surface area contributed by atoms with Gasteiger partial charge in [-0.3, -0.25) is 0 Å². The van der Waals surface area contributed by atoms with Crippen LogP contribution in [0, 0.1) is 17.5 Å². The minimum Gasteiger partial charge on any atom is -0.233 e. The summed E-state index contributed by atoms with van der Waals surface area (Å²) in [7, 11) is 0. The van der Waals surface area contributed by atoms with Gasteiger partial charge >= 0.3 is 0 Å². The van der Waals surface area contributed by atoms with E-state index in [4.69, 9.17) is 11.6 Å². The molecule has 1 nitrogen and oxygen atoms in total. The molecule has 0 atom stereocenters. The molecule has 0 amide bonds. The van der Waals surface area contributed by atoms with Crippen LogP contribution >= 0.6 is 11.6 Å². The van der Waals surface area contributed by atoms with Crippen LogP contribution in [0.3, 0.4) is 0 Å². The number of aromatic nitrogens is 1. The van der Waals surface area contributed by atoms with Crippen LogP contribution in [0.4, 0.5) is 13.2 Å². The van der Waals surface area contributed by atoms with Gasteiger partial charge in [-0.15, -0.1) is 0 Å². The largest absolute Gasteiger partial charge is 0.233 e. The molecule has 84 valence electrons. The standard InChI is InChI=1S/C11H7ClF3N/c1-2-5-3-6-4-7(13)8(14)9(15)10(6)16-11(5)12/h3-4H,2H2,1H3. The fourth-order valence-electron chi connectivity index (χ4n) is 1.49. The van der Waals surface area contributed by atoms with Crippen molar-refractivity contribution in [2.75, 3.05) is 0 Å². The fraction of sp³-hybridized carbons (Fsp3) is 0.182. The molecular weight excluding hydrogens is 239 g/mol. The first kappa shape index (κ1) is 11.2. The minimum atomic E-state index is -1.53. The lowest BCUT2D eigenvalue weighted by atomic mass is 10.1. The van der Waals surface area contributed by atoms with Crippen molar-refractivity contribution in [3.8, 4) is 0 Å². The molecule has 0 saturated carbocycles. The predicted molar refractivity (Wildman–Crippen MR) is 56.0 cm³/mol. The second kappa shape index (κ2) is 3.94. The number of rotatable bonds is 1. The number of hydrogen-bond donors (Lipinski definition) is 0. The summed E-state index contributed by atoms with van der Waals surface area (Å²) in [6, 6.07) is 2.42. The van der Waals surface area contributed by atoms with Gasteiger partial charge in [-0.25, -0.2) is 18.2 Å². The Bertz CT molecular complexity index is 569. The molecule has 16 heavy (non-hydrogen) atoms. The van der Waals surface area contributed by atoms with Gasteiger partial charge in [-0.2, -0.15) is 0 Å². The lowest BCUT2D eigenvalue weighted by Crippen LogP contribution is -1.96. The van der Waals surface area contributed by atoms with Crippen LogP contribution in [-0.2, 0) is 6.42 Å². The third-order valence-corrected chi connectivity index (χ3v) is 2.68. The van der Waals surface area contributed by atoms with Gasteiger partial charge in [0.2, 0.25) is 0 Å². The number of pyridine rings is 1. The van der Waals surface area contributed by atoms with Gasteiger partial charge in [0.05, 0.1) is 0 Å². The quantitative estimate of drug-likeness (QED) is 0.549. The maximum Gasteiger partial charge on any atom is 0.196 e. The summed E-state index contributed by atoms with van der Waals surface area (Å²) in [4.78, 5) is 3.73. The van der Waals surface area contributed by atoms with Crippen molar-refractivity contribution in [1.29, 1.82) is 0 Å². The summed E-state index contributed by atoms with van der Waals surface area (Å²) in [5.41, 5.74) is 0.417. The molecular formula is C11H7ClF3N. The van der Waals surface area contributed by atoms with Crippen LogP contribution in [0.1, 0.15) is 12.5 Å². The molecule has 2 rings (SSSR count). The summed E-state index contributed by atoms with van der Waals surface area (Å²) >= 11 is 5.77. The van der Waals surface area contributed by atoms with Crippen molar-refractivity contribution in [2.45, 2.75) is 13.3 Å². The molecule has 1 heterocycles. The second-order valence-corrected chi connectivity index (χ2v) is 3.71. The molecule has 2 aromatic rings. The van der Waals surface area contributed by atoms with Crippen molar-refractivity contribution >= 4 is 22.5 Å². The highest BCUT2D eigenvalue weighted by atomic mass is 35.5. The number of fused-ring (bicyclic) bond motifs is 1. The molecule has 1 aromatic carbocycles. The summed E-state index contributed by atoms with van der Waals surface area (Å²) < 4.78 is 39.3. The normalized spacial score (nSPS) is 11.1. The van der Waals surface area contributed by atoms with E-state index in [9.17, 15) is 13.2 Å². The van der Waals surface area contributed by atoms with Crippen molar-refractivity contribution in [2.24, 2.45) is 0 Å². The van der Waals surface area contributed by atoms with Gasteiger partial charge < -0.3 is 0 Å². The number of halogens is 4. The molecule has 0 N–H and O–H groups in total. The predicted octanol–water partition coefficient (Wildman–Crippen LogP) is 3.87. The van der Waals surface area contributed by atoms with E-state index in [0.29, 0.717) is 12.0 Å². The molecule has 1 aromatic heterocycles. The molecule has 0 spiro atoms. The zero-order chi connectivity index (χ0) is 11.9. The molecule has 0 unspecified atom stereocenters. The zero-order valence-corrected chi connectivity index (χ0v) is 9.08. The van der Waals surface area contributed by atoms with E-state index in [-0.39, 0.29) is 16.1 Å². The fourth-order valence-corrected chi connectivity index (χ4v) is 1.77. The van der Waals surface area contributed by atoms with Crippen molar-refractivity contribution < 1.29 is 13.2 Å². The lowest BCUT2D eigenvalue weighted by Gasteiger charge is -2.05. The summed E-state index contributed by atoms with van der Waals surface area (Å²) in [6.45, 7) is 1.84. The Morgan fingerprint density at radius 2 is 1.88 bits per heavy atom. The number of hydrogen-bond acceptors (Lipinski definition) is 1. The summed E-state index contributed by atoms with van der Waals surface area (Å²) in [5, 5.41) is 0.317. The molecule has 0 bridgehead atoms. The van der Waals surface area contributed by atoms with Gasteiger partial charge in [-0.05, 0) is 24.1 Å². The Labute approximate surface area is 94.9 Å². The van der Waals surface area contributed by atoms with E-state index in [0.717, 1.165) is 6.07 Å². The molecule has 0 aliphatic rings. The van der Waals surface area contributed by atoms with Crippen LogP contribution in [0.25, 0.3) is 10.9 Å². The van der Waals surface area contributed by atoms with E-state index in [1.807, 2.05) is 6.92 Å². The molecule has 0 aliphatic carbocycles. The average molecular weight is 246 g/mol. The lowest BCUT2D eigenvalue weighted by molar-refractivity contribution is 0.452. The summed E-state index contributed by atoms with van der Waals surface area (Å²) in [5.74, 6) is -4.06. The summed E-state index contributed by atoms with van der Waals surface area (Å²) in [6.07, 6.45) is 0.586. The highest BCUT2D eigenvalue weighted by Gasteiger charge is 2.16. The maximum absolute atomic E-state index is 13.3. The first-order valence-electron chi connectivity index (χ1n) is 4.67. The van der Waals surface area contributed by atoms with Crippen LogP contribution in [-0.4, -0.2) is 4.98 Å². The van der Waals surface area contributed by atoms with Gasteiger partial charge in [-0.1, -0.05) is 18.5 Å². The number of aryl methyl sites for hydroxylation is 1. The van der Waals surface area contributed by atoms with E-state index >= 15 is 0 Å². The highest BCUT2D eigenvalue weighted by Crippen LogP contribution is 2.25. The first-order valence-corrected chi connectivity index (χ1v) is 5.05. The Kier molecular flexibility index (Phi) is 2.76. The monoisotopic (exact) mass is 245 g/mol.